The fourth-order valence-electron chi connectivity index (χ4n) is 3.69. The van der Waals surface area contributed by atoms with Crippen LogP contribution >= 0.6 is 0 Å². The van der Waals surface area contributed by atoms with E-state index in [9.17, 15) is 0 Å². The number of allylic oxidation sites excluding steroid dienone is 1. The Bertz CT molecular complexity index is 1270. The van der Waals surface area contributed by atoms with Crippen LogP contribution in [0, 0.1) is 11.3 Å². The second-order valence-electron chi connectivity index (χ2n) is 6.79. The summed E-state index contributed by atoms with van der Waals surface area (Å²) in [6.07, 6.45) is 6.82. The Morgan fingerprint density at radius 2 is 1.93 bits per heavy atom. The van der Waals surface area contributed by atoms with Gasteiger partial charge in [-0.15, -0.1) is 0 Å². The van der Waals surface area contributed by atoms with E-state index in [4.69, 9.17) is 5.26 Å². The van der Waals surface area contributed by atoms with Crippen LogP contribution in [0.1, 0.15) is 22.4 Å². The minimum atomic E-state index is 0.658. The Kier molecular flexibility index (Phi) is 3.41. The summed E-state index contributed by atoms with van der Waals surface area (Å²) < 4.78 is 2.04. The fraction of sp³-hybridized carbons (Fsp3) is 0.0870. The molecular weight excluding hydrogens is 332 g/mol. The van der Waals surface area contributed by atoms with E-state index in [1.165, 1.54) is 11.1 Å². The third kappa shape index (κ3) is 2.52. The highest BCUT2D eigenvalue weighted by Gasteiger charge is 2.18. The SMILES string of the molecule is Cn1cnc2ccc(C3=CCc4ncc(-c5cccc(C#N)c5)cc43)cc21. The van der Waals surface area contributed by atoms with Gasteiger partial charge in [0.2, 0.25) is 0 Å². The van der Waals surface area contributed by atoms with E-state index in [1.54, 1.807) is 0 Å². The topological polar surface area (TPSA) is 54.5 Å². The maximum atomic E-state index is 9.16. The van der Waals surface area contributed by atoms with Gasteiger partial charge in [0, 0.05) is 30.8 Å². The highest BCUT2D eigenvalue weighted by atomic mass is 15.0. The molecule has 4 heteroatoms. The number of imidazole rings is 1. The number of hydrogen-bond acceptors (Lipinski definition) is 3. The molecule has 2 aromatic heterocycles. The molecule has 0 aliphatic heterocycles. The van der Waals surface area contributed by atoms with Gasteiger partial charge >= 0.3 is 0 Å². The number of pyridine rings is 1. The van der Waals surface area contributed by atoms with Gasteiger partial charge in [0.15, 0.2) is 0 Å². The van der Waals surface area contributed by atoms with Crippen molar-refractivity contribution in [2.45, 2.75) is 6.42 Å². The smallest absolute Gasteiger partial charge is 0.0991 e. The summed E-state index contributed by atoms with van der Waals surface area (Å²) in [6.45, 7) is 0. The molecule has 0 bridgehead atoms. The molecule has 1 aliphatic rings. The Labute approximate surface area is 157 Å². The molecule has 0 saturated carbocycles. The van der Waals surface area contributed by atoms with Crippen molar-refractivity contribution in [2.24, 2.45) is 7.05 Å². The van der Waals surface area contributed by atoms with Crippen molar-refractivity contribution in [3.05, 3.63) is 89.5 Å². The molecule has 5 rings (SSSR count). The van der Waals surface area contributed by atoms with E-state index in [0.717, 1.165) is 39.8 Å². The first-order valence-corrected chi connectivity index (χ1v) is 8.84. The van der Waals surface area contributed by atoms with E-state index < -0.39 is 0 Å². The zero-order chi connectivity index (χ0) is 18.4. The van der Waals surface area contributed by atoms with Crippen LogP contribution in [0.3, 0.4) is 0 Å². The summed E-state index contributed by atoms with van der Waals surface area (Å²) in [5, 5.41) is 9.16. The molecule has 1 aliphatic carbocycles. The molecule has 0 N–H and O–H groups in total. The summed E-state index contributed by atoms with van der Waals surface area (Å²) in [6, 6.07) is 18.4. The lowest BCUT2D eigenvalue weighted by atomic mass is 9.97. The normalized spacial score (nSPS) is 12.7. The lowest BCUT2D eigenvalue weighted by Gasteiger charge is -2.09. The number of benzene rings is 2. The first kappa shape index (κ1) is 15.5. The van der Waals surface area contributed by atoms with Gasteiger partial charge in [0.05, 0.1) is 34.7 Å². The second kappa shape index (κ2) is 5.93. The Hall–Kier alpha value is -3.71. The molecule has 4 aromatic rings. The van der Waals surface area contributed by atoms with Gasteiger partial charge in [-0.1, -0.05) is 24.3 Å². The van der Waals surface area contributed by atoms with Crippen LogP contribution in [0.2, 0.25) is 0 Å². The molecule has 0 amide bonds. The summed E-state index contributed by atoms with van der Waals surface area (Å²) in [4.78, 5) is 9.09. The molecule has 2 heterocycles. The zero-order valence-corrected chi connectivity index (χ0v) is 14.8. The number of nitriles is 1. The molecule has 0 saturated heterocycles. The molecule has 2 aromatic carbocycles. The van der Waals surface area contributed by atoms with Crippen molar-refractivity contribution in [1.82, 2.24) is 14.5 Å². The summed E-state index contributed by atoms with van der Waals surface area (Å²) in [7, 11) is 2.01. The van der Waals surface area contributed by atoms with E-state index in [2.05, 4.69) is 46.4 Å². The minimum Gasteiger partial charge on any atom is -0.334 e. The van der Waals surface area contributed by atoms with Crippen LogP contribution in [0.15, 0.2) is 67.1 Å². The van der Waals surface area contributed by atoms with Crippen LogP contribution in [0.25, 0.3) is 27.7 Å². The van der Waals surface area contributed by atoms with Crippen LogP contribution in [-0.2, 0) is 13.5 Å². The molecular formula is C23H16N4. The van der Waals surface area contributed by atoms with Gasteiger partial charge in [-0.25, -0.2) is 4.98 Å². The van der Waals surface area contributed by atoms with Crippen LogP contribution < -0.4 is 0 Å². The van der Waals surface area contributed by atoms with Crippen molar-refractivity contribution >= 4 is 16.6 Å². The zero-order valence-electron chi connectivity index (χ0n) is 14.8. The summed E-state index contributed by atoms with van der Waals surface area (Å²) in [5.41, 5.74) is 9.46. The predicted octanol–water partition coefficient (Wildman–Crippen LogP) is 4.49. The average Bonchev–Trinajstić information content (AvgIpc) is 3.31. The second-order valence-corrected chi connectivity index (χ2v) is 6.79. The lowest BCUT2D eigenvalue weighted by molar-refractivity contribution is 0.947. The van der Waals surface area contributed by atoms with Crippen LogP contribution in [0.4, 0.5) is 0 Å². The van der Waals surface area contributed by atoms with Crippen molar-refractivity contribution in [3.63, 3.8) is 0 Å². The molecule has 0 unspecified atom stereocenters. The minimum absolute atomic E-state index is 0.658. The highest BCUT2D eigenvalue weighted by Crippen LogP contribution is 2.35. The van der Waals surface area contributed by atoms with Crippen molar-refractivity contribution in [1.29, 1.82) is 5.26 Å². The third-order valence-electron chi connectivity index (χ3n) is 5.12. The number of hydrogen-bond donors (Lipinski definition) is 0. The summed E-state index contributed by atoms with van der Waals surface area (Å²) in [5.74, 6) is 0. The number of fused-ring (bicyclic) bond motifs is 2. The van der Waals surface area contributed by atoms with E-state index >= 15 is 0 Å². The van der Waals surface area contributed by atoms with Gasteiger partial charge in [-0.2, -0.15) is 5.26 Å². The first-order valence-electron chi connectivity index (χ1n) is 8.84. The lowest BCUT2D eigenvalue weighted by Crippen LogP contribution is -1.93. The Morgan fingerprint density at radius 3 is 2.81 bits per heavy atom. The van der Waals surface area contributed by atoms with Gasteiger partial charge < -0.3 is 4.57 Å². The fourth-order valence-corrected chi connectivity index (χ4v) is 3.69. The van der Waals surface area contributed by atoms with Gasteiger partial charge in [-0.05, 0) is 47.0 Å². The quantitative estimate of drug-likeness (QED) is 0.536. The molecule has 27 heavy (non-hydrogen) atoms. The van der Waals surface area contributed by atoms with Gasteiger partial charge in [0.1, 0.15) is 0 Å². The van der Waals surface area contributed by atoms with Crippen LogP contribution in [-0.4, -0.2) is 14.5 Å². The molecule has 128 valence electrons. The molecule has 0 radical (unpaired) electrons. The Balaban J connectivity index is 1.61. The van der Waals surface area contributed by atoms with Gasteiger partial charge in [-0.3, -0.25) is 4.98 Å². The third-order valence-corrected chi connectivity index (χ3v) is 5.12. The van der Waals surface area contributed by atoms with E-state index in [0.29, 0.717) is 5.56 Å². The summed E-state index contributed by atoms with van der Waals surface area (Å²) >= 11 is 0. The monoisotopic (exact) mass is 348 g/mol. The largest absolute Gasteiger partial charge is 0.334 e. The highest BCUT2D eigenvalue weighted by molar-refractivity contribution is 5.89. The maximum absolute atomic E-state index is 9.16. The molecule has 0 atom stereocenters. The number of aromatic nitrogens is 3. The van der Waals surface area contributed by atoms with Crippen LogP contribution in [0.5, 0.6) is 0 Å². The average molecular weight is 348 g/mol. The number of rotatable bonds is 2. The van der Waals surface area contributed by atoms with Crippen molar-refractivity contribution in [3.8, 4) is 17.2 Å². The molecule has 0 fully saturated rings. The standard InChI is InChI=1S/C23H16N4/c1-27-14-26-22-7-5-17(11-23(22)27)19-6-8-21-20(19)10-18(13-25-21)16-4-2-3-15(9-16)12-24/h2-7,9-11,13-14H,8H2,1H3. The maximum Gasteiger partial charge on any atom is 0.0991 e. The molecule has 0 spiro atoms. The van der Waals surface area contributed by atoms with E-state index in [1.807, 2.05) is 48.4 Å². The predicted molar refractivity (Wildman–Crippen MR) is 106 cm³/mol. The Morgan fingerprint density at radius 1 is 1.00 bits per heavy atom. The number of nitrogens with zero attached hydrogens (tertiary/aromatic N) is 4. The van der Waals surface area contributed by atoms with Crippen molar-refractivity contribution in [2.75, 3.05) is 0 Å². The van der Waals surface area contributed by atoms with Crippen molar-refractivity contribution < 1.29 is 0 Å². The molecule has 4 nitrogen and oxygen atoms in total. The van der Waals surface area contributed by atoms with E-state index in [-0.39, 0.29) is 0 Å². The van der Waals surface area contributed by atoms with Gasteiger partial charge in [0.25, 0.3) is 0 Å². The first-order chi connectivity index (χ1) is 13.2. The number of aryl methyl sites for hydroxylation is 1.